The maximum absolute atomic E-state index is 12.1. The summed E-state index contributed by atoms with van der Waals surface area (Å²) in [5.74, 6) is -0.914. The summed E-state index contributed by atoms with van der Waals surface area (Å²) in [6.07, 6.45) is 14.8. The van der Waals surface area contributed by atoms with E-state index in [0.717, 1.165) is 112 Å². The van der Waals surface area contributed by atoms with E-state index in [9.17, 15) is 20.4 Å². The van der Waals surface area contributed by atoms with Crippen molar-refractivity contribution < 1.29 is 20.4 Å². The topological polar surface area (TPSA) is 139 Å². The highest BCUT2D eigenvalue weighted by Crippen LogP contribution is 2.51. The van der Waals surface area contributed by atoms with Gasteiger partial charge in [0.2, 0.25) is 0 Å². The highest BCUT2D eigenvalue weighted by atomic mass is 16.3. The van der Waals surface area contributed by atoms with E-state index in [0.29, 0.717) is 11.4 Å². The van der Waals surface area contributed by atoms with Crippen molar-refractivity contribution in [2.45, 2.75) is 0 Å². The van der Waals surface area contributed by atoms with E-state index in [4.69, 9.17) is 0 Å². The van der Waals surface area contributed by atoms with Crippen molar-refractivity contribution in [3.63, 3.8) is 0 Å². The zero-order valence-electron chi connectivity index (χ0n) is 50.6. The zero-order chi connectivity index (χ0) is 63.5. The van der Waals surface area contributed by atoms with Gasteiger partial charge in [0.25, 0.3) is 0 Å². The van der Waals surface area contributed by atoms with Gasteiger partial charge in [0, 0.05) is 129 Å². The molecule has 1 aliphatic rings. The fourth-order valence-corrected chi connectivity index (χ4v) is 12.7. The van der Waals surface area contributed by atoms with Crippen molar-refractivity contribution in [1.82, 2.24) is 19.9 Å². The average Bonchev–Trinajstić information content (AvgIpc) is 0.742. The lowest BCUT2D eigenvalue weighted by atomic mass is 9.83. The number of phenols is 2. The number of pyridine rings is 4. The van der Waals surface area contributed by atoms with Crippen molar-refractivity contribution >= 4 is 45.3 Å². The third-order valence-electron chi connectivity index (χ3n) is 17.3. The smallest absolute Gasteiger partial charge is 0.139 e. The van der Waals surface area contributed by atoms with Crippen LogP contribution in [0.25, 0.3) is 100 Å². The standard InChI is InChI=1S/C84H58N6O4/c91-79-49-67(89(63-29-21-59(22-30-63)75-51-85-45-41-69(75)55-13-5-1-6-14-55)64-31-23-60(24-32-64)76-52-86-46-42-70(76)56-15-7-2-8-16-56)37-39-73(79)81-83(93)82(84(81)94)74-40-38-68(50-80(74)92)90(65-33-25-61(26-34-65)77-53-87-47-43-71(77)57-17-9-3-10-18-57)66-35-27-62(28-36-66)78-54-88-48-44-72(78)58-19-11-4-12-20-58/h1-54,91-94H. The van der Waals surface area contributed by atoms with Crippen molar-refractivity contribution in [3.05, 3.63) is 351 Å². The van der Waals surface area contributed by atoms with Gasteiger partial charge in [-0.3, -0.25) is 19.9 Å². The molecular formula is C84H58N6O4. The number of anilines is 6. The van der Waals surface area contributed by atoms with Crippen LogP contribution < -0.4 is 9.80 Å². The summed E-state index contributed by atoms with van der Waals surface area (Å²) in [5, 5.41) is 48.2. The Morgan fingerprint density at radius 2 is 0.426 bits per heavy atom. The monoisotopic (exact) mass is 1210 g/mol. The summed E-state index contributed by atoms with van der Waals surface area (Å²) in [6.45, 7) is 0. The van der Waals surface area contributed by atoms with Gasteiger partial charge in [-0.05, 0) is 164 Å². The largest absolute Gasteiger partial charge is 0.507 e. The SMILES string of the molecule is OC1=C(c2ccc(N(c3ccc(-c4cnccc4-c4ccccc4)cc3)c3ccc(-c4cnccc4-c4ccccc4)cc3)cc2O)C(O)=C1c1ccc(N(c2ccc(-c3cnccc3-c3ccccc3)cc2)c2ccc(-c3cnccc3-c3ccccc3)cc2)cc1O. The Morgan fingerprint density at radius 1 is 0.202 bits per heavy atom. The summed E-state index contributed by atoms with van der Waals surface area (Å²) in [6, 6.07) is 92.4. The minimum atomic E-state index is -0.277. The van der Waals surface area contributed by atoms with Gasteiger partial charge in [0.1, 0.15) is 23.0 Å². The van der Waals surface area contributed by atoms with Crippen LogP contribution in [-0.2, 0) is 0 Å². The molecule has 448 valence electrons. The molecule has 0 unspecified atom stereocenters. The predicted octanol–water partition coefficient (Wildman–Crippen LogP) is 21.2. The summed E-state index contributed by atoms with van der Waals surface area (Å²) >= 11 is 0. The van der Waals surface area contributed by atoms with E-state index in [2.05, 4.69) is 117 Å². The number of hydrogen-bond donors (Lipinski definition) is 4. The second-order valence-electron chi connectivity index (χ2n) is 22.9. The maximum atomic E-state index is 12.1. The molecule has 0 aliphatic heterocycles. The van der Waals surface area contributed by atoms with Crippen LogP contribution in [0.4, 0.5) is 34.1 Å². The molecule has 0 spiro atoms. The summed E-state index contributed by atoms with van der Waals surface area (Å²) < 4.78 is 0. The first-order valence-corrected chi connectivity index (χ1v) is 30.8. The van der Waals surface area contributed by atoms with Gasteiger partial charge in [0.05, 0.1) is 11.1 Å². The highest BCUT2D eigenvalue weighted by molar-refractivity contribution is 6.08. The maximum Gasteiger partial charge on any atom is 0.139 e. The van der Waals surface area contributed by atoms with Gasteiger partial charge in [-0.15, -0.1) is 0 Å². The fourth-order valence-electron chi connectivity index (χ4n) is 12.7. The first-order valence-electron chi connectivity index (χ1n) is 30.8. The Morgan fingerprint density at radius 3 is 0.660 bits per heavy atom. The van der Waals surface area contributed by atoms with E-state index in [-0.39, 0.29) is 45.3 Å². The van der Waals surface area contributed by atoms with E-state index in [1.165, 1.54) is 0 Å². The minimum absolute atomic E-state index is 0.0500. The minimum Gasteiger partial charge on any atom is -0.507 e. The van der Waals surface area contributed by atoms with Crippen LogP contribution in [0, 0.1) is 0 Å². The molecule has 10 nitrogen and oxygen atoms in total. The molecule has 94 heavy (non-hydrogen) atoms. The quantitative estimate of drug-likeness (QED) is 0.0740. The lowest BCUT2D eigenvalue weighted by molar-refractivity contribution is 0.386. The molecule has 0 saturated carbocycles. The van der Waals surface area contributed by atoms with Gasteiger partial charge in [-0.2, -0.15) is 0 Å². The summed E-state index contributed by atoms with van der Waals surface area (Å²) in [5.41, 5.74) is 21.4. The van der Waals surface area contributed by atoms with E-state index in [1.54, 1.807) is 49.1 Å². The highest BCUT2D eigenvalue weighted by Gasteiger charge is 2.35. The first kappa shape index (κ1) is 57.5. The van der Waals surface area contributed by atoms with Gasteiger partial charge in [-0.1, -0.05) is 170 Å². The van der Waals surface area contributed by atoms with Crippen molar-refractivity contribution in [2.24, 2.45) is 0 Å². The molecule has 10 heteroatoms. The molecule has 0 radical (unpaired) electrons. The molecule has 0 saturated heterocycles. The Balaban J connectivity index is 0.756. The third-order valence-corrected chi connectivity index (χ3v) is 17.3. The molecular weight excluding hydrogens is 1160 g/mol. The average molecular weight is 1220 g/mol. The Hall–Kier alpha value is -12.9. The number of benzene rings is 10. The molecule has 15 rings (SSSR count). The lowest BCUT2D eigenvalue weighted by Crippen LogP contribution is -2.13. The Labute approximate surface area is 544 Å². The van der Waals surface area contributed by atoms with Crippen molar-refractivity contribution in [1.29, 1.82) is 0 Å². The third kappa shape index (κ3) is 11.0. The molecule has 0 bridgehead atoms. The molecule has 1 aliphatic carbocycles. The molecule has 10 aromatic carbocycles. The van der Waals surface area contributed by atoms with Gasteiger partial charge in [0.15, 0.2) is 0 Å². The number of rotatable bonds is 16. The molecule has 4 heterocycles. The Kier molecular flexibility index (Phi) is 15.4. The van der Waals surface area contributed by atoms with E-state index >= 15 is 0 Å². The molecule has 0 fully saturated rings. The summed E-state index contributed by atoms with van der Waals surface area (Å²) in [7, 11) is 0. The number of nitrogens with zero attached hydrogens (tertiary/aromatic N) is 6. The Bertz CT molecular complexity index is 4550. The number of aromatic nitrogens is 4. The number of allylic oxidation sites excluding steroid dienone is 2. The number of aromatic hydroxyl groups is 2. The van der Waals surface area contributed by atoms with Crippen LogP contribution in [0.15, 0.2) is 340 Å². The zero-order valence-corrected chi connectivity index (χ0v) is 50.6. The number of hydrogen-bond acceptors (Lipinski definition) is 10. The number of phenolic OH excluding ortho intramolecular Hbond substituents is 2. The first-order chi connectivity index (χ1) is 46.3. The van der Waals surface area contributed by atoms with Gasteiger partial charge in [-0.25, -0.2) is 0 Å². The van der Waals surface area contributed by atoms with Crippen LogP contribution >= 0.6 is 0 Å². The van der Waals surface area contributed by atoms with Crippen molar-refractivity contribution in [3.8, 4) is 101 Å². The second kappa shape index (κ2) is 25.2. The fraction of sp³-hybridized carbons (Fsp3) is 0. The van der Waals surface area contributed by atoms with Crippen LogP contribution in [-0.4, -0.2) is 40.4 Å². The van der Waals surface area contributed by atoms with Crippen LogP contribution in [0.2, 0.25) is 0 Å². The van der Waals surface area contributed by atoms with Gasteiger partial charge >= 0.3 is 0 Å². The normalized spacial score (nSPS) is 11.9. The predicted molar refractivity (Wildman–Crippen MR) is 379 cm³/mol. The van der Waals surface area contributed by atoms with E-state index in [1.807, 2.05) is 192 Å². The summed E-state index contributed by atoms with van der Waals surface area (Å²) in [4.78, 5) is 22.1. The second-order valence-corrected chi connectivity index (χ2v) is 22.9. The molecule has 0 amide bonds. The van der Waals surface area contributed by atoms with Crippen LogP contribution in [0.5, 0.6) is 11.5 Å². The van der Waals surface area contributed by atoms with Crippen molar-refractivity contribution in [2.75, 3.05) is 9.80 Å². The van der Waals surface area contributed by atoms with Crippen LogP contribution in [0.1, 0.15) is 11.1 Å². The number of aliphatic hydroxyl groups excluding tert-OH is 2. The van der Waals surface area contributed by atoms with E-state index < -0.39 is 0 Å². The number of aliphatic hydroxyl groups is 2. The lowest BCUT2D eigenvalue weighted by Gasteiger charge is -2.29. The molecule has 0 atom stereocenters. The molecule has 4 N–H and O–H groups in total. The van der Waals surface area contributed by atoms with Crippen LogP contribution in [0.3, 0.4) is 0 Å². The van der Waals surface area contributed by atoms with Gasteiger partial charge < -0.3 is 30.2 Å². The molecule has 14 aromatic rings. The molecule has 4 aromatic heterocycles.